The first-order valence-corrected chi connectivity index (χ1v) is 6.51. The summed E-state index contributed by atoms with van der Waals surface area (Å²) in [6.07, 6.45) is 0.688. The highest BCUT2D eigenvalue weighted by molar-refractivity contribution is 7.80. The van der Waals surface area contributed by atoms with Crippen molar-refractivity contribution in [2.24, 2.45) is 16.0 Å². The van der Waals surface area contributed by atoms with Crippen molar-refractivity contribution in [3.8, 4) is 5.75 Å². The lowest BCUT2D eigenvalue weighted by atomic mass is 10.2. The van der Waals surface area contributed by atoms with Crippen molar-refractivity contribution in [3.05, 3.63) is 29.8 Å². The van der Waals surface area contributed by atoms with E-state index in [-0.39, 0.29) is 11.3 Å². The maximum Gasteiger partial charge on any atom is 0.339 e. The van der Waals surface area contributed by atoms with Crippen LogP contribution in [-0.4, -0.2) is 45.3 Å². The summed E-state index contributed by atoms with van der Waals surface area (Å²) in [7, 11) is 1.43. The summed E-state index contributed by atoms with van der Waals surface area (Å²) in [5.41, 5.74) is 5.14. The summed E-state index contributed by atoms with van der Waals surface area (Å²) in [5.74, 6) is -2.31. The molecule has 8 nitrogen and oxygen atoms in total. The van der Waals surface area contributed by atoms with Gasteiger partial charge in [0.2, 0.25) is 0 Å². The molecular weight excluding hydrogens is 310 g/mol. The number of nitrogens with two attached hydrogens (primary N) is 1. The summed E-state index contributed by atoms with van der Waals surface area (Å²) in [6.45, 7) is 0. The first-order valence-electron chi connectivity index (χ1n) is 6.11. The van der Waals surface area contributed by atoms with Crippen molar-refractivity contribution in [3.63, 3.8) is 0 Å². The smallest absolute Gasteiger partial charge is 0.339 e. The summed E-state index contributed by atoms with van der Waals surface area (Å²) in [5, 5.41) is 32.8. The molecular formula is C13H17N3O5S. The number of azo groups is 1. The second kappa shape index (κ2) is 10.2. The van der Waals surface area contributed by atoms with Gasteiger partial charge in [-0.15, -0.1) is 0 Å². The SMILES string of the molecule is CN=NC(CCC(N)=S)C(=O)O.O=C(O)c1ccccc1O. The molecule has 0 bridgehead atoms. The predicted octanol–water partition coefficient (Wildman–Crippen LogP) is 1.68. The lowest BCUT2D eigenvalue weighted by Crippen LogP contribution is -2.20. The largest absolute Gasteiger partial charge is 0.507 e. The number of rotatable bonds is 6. The number of aromatic carboxylic acids is 1. The van der Waals surface area contributed by atoms with Crippen molar-refractivity contribution in [1.82, 2.24) is 0 Å². The maximum absolute atomic E-state index is 10.5. The number of carboxylic acid groups (broad SMARTS) is 2. The fourth-order valence-electron chi connectivity index (χ4n) is 1.30. The Morgan fingerprint density at radius 1 is 1.32 bits per heavy atom. The molecule has 0 aliphatic carbocycles. The molecule has 1 aromatic rings. The number of para-hydroxylation sites is 1. The van der Waals surface area contributed by atoms with Crippen LogP contribution >= 0.6 is 12.2 Å². The van der Waals surface area contributed by atoms with Gasteiger partial charge < -0.3 is 21.1 Å². The van der Waals surface area contributed by atoms with Gasteiger partial charge in [-0.25, -0.2) is 9.59 Å². The minimum Gasteiger partial charge on any atom is -0.507 e. The molecule has 0 fully saturated rings. The number of thiocarbonyl (C=S) groups is 1. The van der Waals surface area contributed by atoms with Crippen molar-refractivity contribution >= 4 is 29.1 Å². The van der Waals surface area contributed by atoms with Crippen molar-refractivity contribution in [2.45, 2.75) is 18.9 Å². The number of phenols is 1. The van der Waals surface area contributed by atoms with E-state index in [1.165, 1.54) is 19.2 Å². The normalized spacial score (nSPS) is 11.3. The van der Waals surface area contributed by atoms with Crippen LogP contribution in [0.2, 0.25) is 0 Å². The Hall–Kier alpha value is -2.55. The molecule has 0 spiro atoms. The van der Waals surface area contributed by atoms with Crippen LogP contribution in [0.3, 0.4) is 0 Å². The number of hydrogen-bond donors (Lipinski definition) is 4. The average molecular weight is 327 g/mol. The van der Waals surface area contributed by atoms with Gasteiger partial charge in [0.15, 0.2) is 6.04 Å². The van der Waals surface area contributed by atoms with Gasteiger partial charge in [0.1, 0.15) is 11.3 Å². The molecule has 0 radical (unpaired) electrons. The van der Waals surface area contributed by atoms with Crippen LogP contribution in [0.4, 0.5) is 0 Å². The van der Waals surface area contributed by atoms with Crippen LogP contribution in [0.5, 0.6) is 5.75 Å². The number of aromatic hydroxyl groups is 1. The number of hydrogen-bond acceptors (Lipinski definition) is 6. The third-order valence-electron chi connectivity index (χ3n) is 2.34. The molecule has 22 heavy (non-hydrogen) atoms. The van der Waals surface area contributed by atoms with Crippen LogP contribution < -0.4 is 5.73 Å². The molecule has 1 atom stereocenters. The highest BCUT2D eigenvalue weighted by atomic mass is 32.1. The van der Waals surface area contributed by atoms with Gasteiger partial charge in [-0.2, -0.15) is 10.2 Å². The minimum absolute atomic E-state index is 0.0671. The fraction of sp³-hybridized carbons (Fsp3) is 0.308. The number of nitrogens with zero attached hydrogens (tertiary/aromatic N) is 2. The van der Waals surface area contributed by atoms with E-state index in [0.717, 1.165) is 0 Å². The van der Waals surface area contributed by atoms with Crippen molar-refractivity contribution in [2.75, 3.05) is 7.05 Å². The van der Waals surface area contributed by atoms with Crippen LogP contribution in [-0.2, 0) is 4.79 Å². The molecule has 1 rings (SSSR count). The van der Waals surface area contributed by atoms with E-state index >= 15 is 0 Å². The standard InChI is InChI=1S/C7H6O3.C6H11N3O2S/c8-6-4-2-1-3-5(6)7(9)10;1-8-9-4(6(10)11)2-3-5(7)12/h1-4,8H,(H,9,10);4H,2-3H2,1H3,(H2,7,12)(H,10,11). The first kappa shape index (κ1) is 19.4. The van der Waals surface area contributed by atoms with Gasteiger partial charge in [-0.05, 0) is 18.6 Å². The zero-order valence-electron chi connectivity index (χ0n) is 11.8. The van der Waals surface area contributed by atoms with Gasteiger partial charge in [0, 0.05) is 13.5 Å². The number of carboxylic acids is 2. The van der Waals surface area contributed by atoms with Gasteiger partial charge >= 0.3 is 11.9 Å². The fourth-order valence-corrected chi connectivity index (χ4v) is 1.42. The third kappa shape index (κ3) is 7.90. The predicted molar refractivity (Wildman–Crippen MR) is 83.3 cm³/mol. The lowest BCUT2D eigenvalue weighted by Gasteiger charge is -2.03. The van der Waals surface area contributed by atoms with E-state index in [0.29, 0.717) is 17.8 Å². The third-order valence-corrected chi connectivity index (χ3v) is 2.54. The van der Waals surface area contributed by atoms with E-state index in [9.17, 15) is 9.59 Å². The average Bonchev–Trinajstić information content (AvgIpc) is 2.43. The molecule has 1 aromatic carbocycles. The Bertz CT molecular complexity index is 562. The zero-order valence-corrected chi connectivity index (χ0v) is 12.7. The summed E-state index contributed by atoms with van der Waals surface area (Å²) < 4.78 is 0. The van der Waals surface area contributed by atoms with E-state index in [1.807, 2.05) is 0 Å². The molecule has 5 N–H and O–H groups in total. The quantitative estimate of drug-likeness (QED) is 0.459. The summed E-state index contributed by atoms with van der Waals surface area (Å²) >= 11 is 4.60. The second-order valence-electron chi connectivity index (χ2n) is 4.00. The lowest BCUT2D eigenvalue weighted by molar-refractivity contribution is -0.138. The molecule has 0 aliphatic heterocycles. The van der Waals surface area contributed by atoms with E-state index in [4.69, 9.17) is 21.1 Å². The molecule has 0 saturated heterocycles. The Morgan fingerprint density at radius 2 is 1.91 bits per heavy atom. The topological polar surface area (TPSA) is 146 Å². The Labute approximate surface area is 132 Å². The molecule has 1 unspecified atom stereocenters. The molecule has 0 saturated carbocycles. The molecule has 9 heteroatoms. The molecule has 0 heterocycles. The highest BCUT2D eigenvalue weighted by Gasteiger charge is 2.15. The van der Waals surface area contributed by atoms with Crippen molar-refractivity contribution < 1.29 is 24.9 Å². The minimum atomic E-state index is -1.11. The number of aliphatic carboxylic acids is 1. The van der Waals surface area contributed by atoms with Crippen molar-refractivity contribution in [1.29, 1.82) is 0 Å². The van der Waals surface area contributed by atoms with Crippen LogP contribution in [0.15, 0.2) is 34.5 Å². The van der Waals surface area contributed by atoms with Crippen LogP contribution in [0.25, 0.3) is 0 Å². The Balaban J connectivity index is 0.000000406. The molecule has 120 valence electrons. The van der Waals surface area contributed by atoms with Gasteiger partial charge in [0.25, 0.3) is 0 Å². The summed E-state index contributed by atoms with van der Waals surface area (Å²) in [4.78, 5) is 21.0. The van der Waals surface area contributed by atoms with Crippen LogP contribution in [0.1, 0.15) is 23.2 Å². The van der Waals surface area contributed by atoms with Crippen LogP contribution in [0, 0.1) is 0 Å². The molecule has 0 aromatic heterocycles. The van der Waals surface area contributed by atoms with E-state index in [1.54, 1.807) is 12.1 Å². The summed E-state index contributed by atoms with van der Waals surface area (Å²) in [6, 6.07) is 4.99. The second-order valence-corrected chi connectivity index (χ2v) is 4.52. The molecule has 0 amide bonds. The highest BCUT2D eigenvalue weighted by Crippen LogP contribution is 2.14. The zero-order chi connectivity index (χ0) is 17.1. The van der Waals surface area contributed by atoms with E-state index < -0.39 is 18.0 Å². The van der Waals surface area contributed by atoms with E-state index in [2.05, 4.69) is 22.4 Å². The Kier molecular flexibility index (Phi) is 9.03. The van der Waals surface area contributed by atoms with Gasteiger partial charge in [-0.1, -0.05) is 24.4 Å². The number of benzene rings is 1. The Morgan fingerprint density at radius 3 is 2.27 bits per heavy atom. The molecule has 0 aliphatic rings. The van der Waals surface area contributed by atoms with Gasteiger partial charge in [-0.3, -0.25) is 0 Å². The monoisotopic (exact) mass is 327 g/mol. The maximum atomic E-state index is 10.5. The van der Waals surface area contributed by atoms with Gasteiger partial charge in [0.05, 0.1) is 4.99 Å². The first-order chi connectivity index (χ1) is 10.3. The number of carbonyl (C=O) groups is 2.